The molecule has 0 N–H and O–H groups in total. The van der Waals surface area contributed by atoms with Crippen LogP contribution in [0.2, 0.25) is 0 Å². The molecule has 0 saturated carbocycles. The molecule has 21 heavy (non-hydrogen) atoms. The number of likely N-dealkylation sites (N-methyl/N-ethyl adjacent to an activating group) is 1. The first-order valence-electron chi connectivity index (χ1n) is 7.45. The van der Waals surface area contributed by atoms with Crippen LogP contribution in [0.1, 0.15) is 30.9 Å². The Balaban J connectivity index is 2.30. The highest BCUT2D eigenvalue weighted by Gasteiger charge is 2.41. The third-order valence-electron chi connectivity index (χ3n) is 4.38. The largest absolute Gasteiger partial charge is 0.304 e. The number of sulfonamides is 1. The number of hydrogen-bond acceptors (Lipinski definition) is 3. The fraction of sp³-hybridized carbons (Fsp3) is 0.625. The Morgan fingerprint density at radius 1 is 1.14 bits per heavy atom. The lowest BCUT2D eigenvalue weighted by molar-refractivity contribution is 0.285. The van der Waals surface area contributed by atoms with Crippen LogP contribution in [0.5, 0.6) is 0 Å². The molecule has 4 nitrogen and oxygen atoms in total. The maximum absolute atomic E-state index is 12.4. The topological polar surface area (TPSA) is 40.6 Å². The highest BCUT2D eigenvalue weighted by molar-refractivity contribution is 7.89. The normalized spacial score (nSPS) is 24.1. The van der Waals surface area contributed by atoms with Crippen LogP contribution >= 0.6 is 0 Å². The minimum absolute atomic E-state index is 0.223. The Hall–Kier alpha value is -0.910. The zero-order valence-electron chi connectivity index (χ0n) is 13.6. The molecule has 0 amide bonds. The fourth-order valence-corrected chi connectivity index (χ4v) is 4.25. The van der Waals surface area contributed by atoms with Gasteiger partial charge in [-0.05, 0) is 40.4 Å². The van der Waals surface area contributed by atoms with Gasteiger partial charge < -0.3 is 4.90 Å². The van der Waals surface area contributed by atoms with Crippen molar-refractivity contribution in [3.8, 4) is 0 Å². The molecule has 1 aromatic rings. The van der Waals surface area contributed by atoms with Gasteiger partial charge in [-0.3, -0.25) is 0 Å². The summed E-state index contributed by atoms with van der Waals surface area (Å²) in [5.41, 5.74) is 2.45. The molecule has 1 aromatic carbocycles. The first-order valence-corrected chi connectivity index (χ1v) is 8.95. The lowest BCUT2D eigenvalue weighted by Gasteiger charge is -2.25. The first kappa shape index (κ1) is 16.5. The molecule has 0 aromatic heterocycles. The van der Waals surface area contributed by atoms with Crippen molar-refractivity contribution in [3.05, 3.63) is 35.4 Å². The van der Waals surface area contributed by atoms with Gasteiger partial charge >= 0.3 is 0 Å². The smallest absolute Gasteiger partial charge is 0.216 e. The van der Waals surface area contributed by atoms with Crippen molar-refractivity contribution < 1.29 is 8.42 Å². The zero-order valence-corrected chi connectivity index (χ0v) is 14.4. The van der Waals surface area contributed by atoms with Crippen LogP contribution in [0.25, 0.3) is 0 Å². The van der Waals surface area contributed by atoms with Gasteiger partial charge in [-0.25, -0.2) is 8.42 Å². The Labute approximate surface area is 128 Å². The molecule has 2 rings (SSSR count). The Morgan fingerprint density at radius 2 is 1.71 bits per heavy atom. The van der Waals surface area contributed by atoms with Crippen LogP contribution in [0, 0.1) is 6.92 Å². The lowest BCUT2D eigenvalue weighted by atomic mass is 9.93. The Bertz CT molecular complexity index is 579. The zero-order chi connectivity index (χ0) is 15.8. The number of hydrogen-bond donors (Lipinski definition) is 0. The lowest BCUT2D eigenvalue weighted by Crippen LogP contribution is -2.38. The molecule has 0 bridgehead atoms. The minimum atomic E-state index is -3.19. The quantitative estimate of drug-likeness (QED) is 0.855. The van der Waals surface area contributed by atoms with Gasteiger partial charge in [0.2, 0.25) is 10.0 Å². The molecule has 2 unspecified atom stereocenters. The van der Waals surface area contributed by atoms with Crippen molar-refractivity contribution in [2.75, 3.05) is 27.2 Å². The van der Waals surface area contributed by atoms with Crippen LogP contribution < -0.4 is 0 Å². The van der Waals surface area contributed by atoms with Crippen LogP contribution in [0.4, 0.5) is 0 Å². The van der Waals surface area contributed by atoms with E-state index in [1.807, 2.05) is 14.1 Å². The average molecular weight is 310 g/mol. The predicted octanol–water partition coefficient (Wildman–Crippen LogP) is 2.06. The molecule has 1 saturated heterocycles. The summed E-state index contributed by atoms with van der Waals surface area (Å²) in [6.45, 7) is 6.72. The van der Waals surface area contributed by atoms with Crippen molar-refractivity contribution in [2.24, 2.45) is 0 Å². The molecule has 1 heterocycles. The van der Waals surface area contributed by atoms with Gasteiger partial charge in [-0.2, -0.15) is 4.31 Å². The minimum Gasteiger partial charge on any atom is -0.304 e. The molecule has 2 atom stereocenters. The molecule has 1 fully saturated rings. The van der Waals surface area contributed by atoms with E-state index in [9.17, 15) is 8.42 Å². The number of rotatable bonds is 4. The van der Waals surface area contributed by atoms with Gasteiger partial charge in [0, 0.05) is 25.0 Å². The molecular weight excluding hydrogens is 284 g/mol. The van der Waals surface area contributed by atoms with Crippen molar-refractivity contribution in [1.29, 1.82) is 0 Å². The molecule has 0 spiro atoms. The third kappa shape index (κ3) is 3.30. The summed E-state index contributed by atoms with van der Waals surface area (Å²) in [5.74, 6) is 0.231. The summed E-state index contributed by atoms with van der Waals surface area (Å²) >= 11 is 0. The summed E-state index contributed by atoms with van der Waals surface area (Å²) in [5, 5.41) is -0.364. The summed E-state index contributed by atoms with van der Waals surface area (Å²) in [6, 6.07) is 8.68. The van der Waals surface area contributed by atoms with Crippen molar-refractivity contribution >= 4 is 10.0 Å². The Morgan fingerprint density at radius 3 is 2.19 bits per heavy atom. The highest BCUT2D eigenvalue weighted by Crippen LogP contribution is 2.32. The summed E-state index contributed by atoms with van der Waals surface area (Å²) in [7, 11) is 0.865. The van der Waals surface area contributed by atoms with E-state index in [4.69, 9.17) is 0 Å². The molecule has 0 radical (unpaired) electrons. The van der Waals surface area contributed by atoms with Gasteiger partial charge in [0.05, 0.1) is 5.25 Å². The first-order chi connectivity index (χ1) is 9.73. The second kappa shape index (κ2) is 6.07. The van der Waals surface area contributed by atoms with Crippen LogP contribution in [0.15, 0.2) is 24.3 Å². The highest BCUT2D eigenvalue weighted by atomic mass is 32.2. The summed E-state index contributed by atoms with van der Waals surface area (Å²) < 4.78 is 26.5. The summed E-state index contributed by atoms with van der Waals surface area (Å²) in [6.07, 6.45) is 0. The number of nitrogens with zero attached hydrogens (tertiary/aromatic N) is 2. The van der Waals surface area contributed by atoms with Gasteiger partial charge in [-0.1, -0.05) is 29.8 Å². The van der Waals surface area contributed by atoms with E-state index < -0.39 is 10.0 Å². The molecule has 1 aliphatic rings. The molecule has 0 aliphatic carbocycles. The van der Waals surface area contributed by atoms with E-state index in [1.54, 1.807) is 18.2 Å². The van der Waals surface area contributed by atoms with Gasteiger partial charge in [0.1, 0.15) is 0 Å². The van der Waals surface area contributed by atoms with E-state index in [2.05, 4.69) is 36.1 Å². The van der Waals surface area contributed by atoms with Gasteiger partial charge in [-0.15, -0.1) is 0 Å². The van der Waals surface area contributed by atoms with Gasteiger partial charge in [0.25, 0.3) is 0 Å². The molecular formula is C16H26N2O2S. The van der Waals surface area contributed by atoms with Crippen LogP contribution in [-0.4, -0.2) is 56.1 Å². The van der Waals surface area contributed by atoms with Crippen molar-refractivity contribution in [3.63, 3.8) is 0 Å². The van der Waals surface area contributed by atoms with Crippen LogP contribution in [-0.2, 0) is 10.0 Å². The number of benzene rings is 1. The summed E-state index contributed by atoms with van der Waals surface area (Å²) in [4.78, 5) is 2.14. The third-order valence-corrected chi connectivity index (χ3v) is 6.59. The SMILES string of the molecule is Cc1ccc(C2CN(S(=O)(=O)C(C)C)CC2N(C)C)cc1. The molecule has 1 aliphatic heterocycles. The predicted molar refractivity (Wildman–Crippen MR) is 87.0 cm³/mol. The molecule has 5 heteroatoms. The van der Waals surface area contributed by atoms with E-state index >= 15 is 0 Å². The fourth-order valence-electron chi connectivity index (χ4n) is 2.92. The second-order valence-electron chi connectivity index (χ2n) is 6.46. The molecule has 118 valence electrons. The maximum Gasteiger partial charge on any atom is 0.216 e. The van der Waals surface area contributed by atoms with E-state index in [0.29, 0.717) is 13.1 Å². The number of aryl methyl sites for hydroxylation is 1. The van der Waals surface area contributed by atoms with Crippen molar-refractivity contribution in [1.82, 2.24) is 9.21 Å². The monoisotopic (exact) mass is 310 g/mol. The van der Waals surface area contributed by atoms with Crippen LogP contribution in [0.3, 0.4) is 0 Å². The van der Waals surface area contributed by atoms with E-state index in [1.165, 1.54) is 11.1 Å². The van der Waals surface area contributed by atoms with E-state index in [-0.39, 0.29) is 17.2 Å². The average Bonchev–Trinajstić information content (AvgIpc) is 2.85. The standard InChI is InChI=1S/C16H26N2O2S/c1-12(2)21(19,20)18-10-15(16(11-18)17(4)5)14-8-6-13(3)7-9-14/h6-9,12,15-16H,10-11H2,1-5H3. The van der Waals surface area contributed by atoms with E-state index in [0.717, 1.165) is 0 Å². The van der Waals surface area contributed by atoms with Crippen molar-refractivity contribution in [2.45, 2.75) is 38.0 Å². The Kier molecular flexibility index (Phi) is 4.76. The second-order valence-corrected chi connectivity index (χ2v) is 8.95. The maximum atomic E-state index is 12.4. The van der Waals surface area contributed by atoms with Gasteiger partial charge in [0.15, 0.2) is 0 Å².